The number of carbonyl (C=O) groups is 3. The molecular weight excluding hydrogens is 465 g/mol. The van der Waals surface area contributed by atoms with E-state index in [9.17, 15) is 19.5 Å². The van der Waals surface area contributed by atoms with Gasteiger partial charge in [0.05, 0.1) is 11.4 Å². The SMILES string of the molecule is C=CCOc1c(Cl)cc(Cl)cc1C1C2=C(CCCC2=O)N(CCC(=O)O)C2=C1C(=O)CCC2. The quantitative estimate of drug-likeness (QED) is 0.512. The van der Waals surface area contributed by atoms with Gasteiger partial charge < -0.3 is 14.7 Å². The molecule has 1 aromatic rings. The third-order valence-corrected chi connectivity index (χ3v) is 6.83. The van der Waals surface area contributed by atoms with Gasteiger partial charge in [-0.15, -0.1) is 0 Å². The van der Waals surface area contributed by atoms with Crippen molar-refractivity contribution in [3.05, 3.63) is 62.9 Å². The maximum Gasteiger partial charge on any atom is 0.305 e. The van der Waals surface area contributed by atoms with Crippen molar-refractivity contribution < 1.29 is 24.2 Å². The number of allylic oxidation sites excluding steroid dienone is 4. The van der Waals surface area contributed by atoms with E-state index in [4.69, 9.17) is 27.9 Å². The maximum atomic E-state index is 13.3. The number of nitrogens with zero attached hydrogens (tertiary/aromatic N) is 1. The highest BCUT2D eigenvalue weighted by Crippen LogP contribution is 2.52. The number of ether oxygens (including phenoxy) is 1. The molecule has 1 heterocycles. The highest BCUT2D eigenvalue weighted by molar-refractivity contribution is 6.35. The lowest BCUT2D eigenvalue weighted by Gasteiger charge is -2.44. The predicted octanol–water partition coefficient (Wildman–Crippen LogP) is 5.45. The van der Waals surface area contributed by atoms with Crippen LogP contribution in [0.5, 0.6) is 5.75 Å². The first-order valence-corrected chi connectivity index (χ1v) is 11.8. The van der Waals surface area contributed by atoms with Crippen LogP contribution in [0.2, 0.25) is 10.0 Å². The van der Waals surface area contributed by atoms with Crippen LogP contribution >= 0.6 is 23.2 Å². The molecule has 0 bridgehead atoms. The zero-order valence-corrected chi connectivity index (χ0v) is 19.7. The van der Waals surface area contributed by atoms with E-state index in [-0.39, 0.29) is 31.1 Å². The molecule has 0 atom stereocenters. The minimum absolute atomic E-state index is 0.0442. The molecule has 4 rings (SSSR count). The van der Waals surface area contributed by atoms with Gasteiger partial charge in [0.15, 0.2) is 11.6 Å². The summed E-state index contributed by atoms with van der Waals surface area (Å²) in [5.41, 5.74) is 3.25. The number of halogens is 2. The van der Waals surface area contributed by atoms with E-state index >= 15 is 0 Å². The first kappa shape index (κ1) is 23.6. The monoisotopic (exact) mass is 489 g/mol. The van der Waals surface area contributed by atoms with Crippen LogP contribution in [0.15, 0.2) is 47.3 Å². The number of hydrogen-bond donors (Lipinski definition) is 1. The van der Waals surface area contributed by atoms with E-state index in [1.165, 1.54) is 0 Å². The van der Waals surface area contributed by atoms with Gasteiger partial charge >= 0.3 is 5.97 Å². The molecule has 0 amide bonds. The van der Waals surface area contributed by atoms with Gasteiger partial charge in [-0.05, 0) is 37.8 Å². The largest absolute Gasteiger partial charge is 0.488 e. The molecule has 0 radical (unpaired) electrons. The smallest absolute Gasteiger partial charge is 0.305 e. The molecule has 0 fully saturated rings. The van der Waals surface area contributed by atoms with Crippen molar-refractivity contribution in [1.29, 1.82) is 0 Å². The topological polar surface area (TPSA) is 83.9 Å². The van der Waals surface area contributed by atoms with E-state index in [1.54, 1.807) is 18.2 Å². The molecule has 174 valence electrons. The number of Topliss-reactive ketones (excluding diaryl/α,β-unsaturated/α-hetero) is 2. The molecule has 6 nitrogen and oxygen atoms in total. The zero-order chi connectivity index (χ0) is 23.7. The van der Waals surface area contributed by atoms with Crippen molar-refractivity contribution in [2.75, 3.05) is 13.2 Å². The summed E-state index contributed by atoms with van der Waals surface area (Å²) in [7, 11) is 0. The fourth-order valence-electron chi connectivity index (χ4n) is 5.09. The average Bonchev–Trinajstić information content (AvgIpc) is 2.76. The molecule has 1 N–H and O–H groups in total. The van der Waals surface area contributed by atoms with Gasteiger partial charge in [0.1, 0.15) is 12.4 Å². The summed E-state index contributed by atoms with van der Waals surface area (Å²) in [6, 6.07) is 3.28. The normalized spacial score (nSPS) is 18.9. The first-order valence-electron chi connectivity index (χ1n) is 11.1. The van der Waals surface area contributed by atoms with E-state index in [0.717, 1.165) is 11.4 Å². The molecule has 8 heteroatoms. The number of ketones is 2. The Morgan fingerprint density at radius 2 is 1.70 bits per heavy atom. The van der Waals surface area contributed by atoms with Crippen molar-refractivity contribution in [3.63, 3.8) is 0 Å². The van der Waals surface area contributed by atoms with Crippen LogP contribution in [0, 0.1) is 0 Å². The Morgan fingerprint density at radius 1 is 1.09 bits per heavy atom. The van der Waals surface area contributed by atoms with Crippen molar-refractivity contribution in [2.24, 2.45) is 0 Å². The molecule has 0 spiro atoms. The standard InChI is InChI=1S/C25H25Cl2NO5/c1-2-11-33-25-15(12-14(26)13-16(25)27)22-23-17(5-3-7-19(23)29)28(10-9-21(31)32)18-6-4-8-20(30)24(18)22/h2,12-13,22H,1,3-11H2,(H,31,32). The van der Waals surface area contributed by atoms with E-state index < -0.39 is 11.9 Å². The van der Waals surface area contributed by atoms with Gasteiger partial charge in [0.2, 0.25) is 0 Å². The second kappa shape index (κ2) is 9.74. The van der Waals surface area contributed by atoms with Gasteiger partial charge in [0, 0.05) is 58.4 Å². The Kier molecular flexibility index (Phi) is 6.96. The van der Waals surface area contributed by atoms with Crippen LogP contribution in [0.4, 0.5) is 0 Å². The Balaban J connectivity index is 1.97. The molecule has 3 aliphatic rings. The molecule has 33 heavy (non-hydrogen) atoms. The average molecular weight is 490 g/mol. The summed E-state index contributed by atoms with van der Waals surface area (Å²) < 4.78 is 5.89. The van der Waals surface area contributed by atoms with Crippen LogP contribution < -0.4 is 4.74 Å². The van der Waals surface area contributed by atoms with Crippen molar-refractivity contribution in [2.45, 2.75) is 50.9 Å². The molecule has 0 saturated heterocycles. The summed E-state index contributed by atoms with van der Waals surface area (Å²) in [6.45, 7) is 4.11. The summed E-state index contributed by atoms with van der Waals surface area (Å²) in [5.74, 6) is -1.28. The van der Waals surface area contributed by atoms with E-state index in [2.05, 4.69) is 6.58 Å². The third kappa shape index (κ3) is 4.46. The van der Waals surface area contributed by atoms with Gasteiger partial charge in [-0.25, -0.2) is 0 Å². The lowest BCUT2D eigenvalue weighted by atomic mass is 9.70. The predicted molar refractivity (Wildman–Crippen MR) is 126 cm³/mol. The second-order valence-electron chi connectivity index (χ2n) is 8.41. The van der Waals surface area contributed by atoms with Crippen LogP contribution in [-0.4, -0.2) is 40.7 Å². The van der Waals surface area contributed by atoms with Crippen LogP contribution in [0.25, 0.3) is 0 Å². The molecule has 0 unspecified atom stereocenters. The summed E-state index contributed by atoms with van der Waals surface area (Å²) >= 11 is 12.9. The van der Waals surface area contributed by atoms with Gasteiger partial charge in [-0.1, -0.05) is 35.9 Å². The fourth-order valence-corrected chi connectivity index (χ4v) is 5.66. The number of rotatable bonds is 7. The third-order valence-electron chi connectivity index (χ3n) is 6.33. The van der Waals surface area contributed by atoms with Gasteiger partial charge in [-0.2, -0.15) is 0 Å². The van der Waals surface area contributed by atoms with Crippen molar-refractivity contribution >= 4 is 40.7 Å². The summed E-state index contributed by atoms with van der Waals surface area (Å²) in [6.07, 6.45) is 4.89. The summed E-state index contributed by atoms with van der Waals surface area (Å²) in [5, 5.41) is 9.98. The Hall–Kier alpha value is -2.57. The lowest BCUT2D eigenvalue weighted by Crippen LogP contribution is -2.40. The number of carboxylic acids is 1. The van der Waals surface area contributed by atoms with Crippen LogP contribution in [0.3, 0.4) is 0 Å². The first-order chi connectivity index (χ1) is 15.8. The molecular formula is C25H25Cl2NO5. The molecule has 0 aromatic heterocycles. The minimum atomic E-state index is -0.924. The highest BCUT2D eigenvalue weighted by atomic mass is 35.5. The summed E-state index contributed by atoms with van der Waals surface area (Å²) in [4.78, 5) is 39.9. The van der Waals surface area contributed by atoms with Crippen molar-refractivity contribution in [1.82, 2.24) is 4.90 Å². The minimum Gasteiger partial charge on any atom is -0.488 e. The van der Waals surface area contributed by atoms with Gasteiger partial charge in [-0.3, -0.25) is 14.4 Å². The van der Waals surface area contributed by atoms with Crippen molar-refractivity contribution in [3.8, 4) is 5.75 Å². The number of hydrogen-bond acceptors (Lipinski definition) is 5. The van der Waals surface area contributed by atoms with Crippen LogP contribution in [0.1, 0.15) is 56.4 Å². The number of aliphatic carboxylic acids is 1. The number of carboxylic acid groups (broad SMARTS) is 1. The molecule has 1 aromatic carbocycles. The van der Waals surface area contributed by atoms with E-state index in [0.29, 0.717) is 71.0 Å². The Bertz CT molecular complexity index is 1060. The zero-order valence-electron chi connectivity index (χ0n) is 18.2. The van der Waals surface area contributed by atoms with Crippen LogP contribution in [-0.2, 0) is 14.4 Å². The number of carbonyl (C=O) groups excluding carboxylic acids is 2. The Morgan fingerprint density at radius 3 is 2.24 bits per heavy atom. The maximum absolute atomic E-state index is 13.3. The molecule has 2 aliphatic carbocycles. The van der Waals surface area contributed by atoms with Gasteiger partial charge in [0.25, 0.3) is 0 Å². The second-order valence-corrected chi connectivity index (χ2v) is 9.25. The number of benzene rings is 1. The fraction of sp³-hybridized carbons (Fsp3) is 0.400. The Labute approximate surface area is 202 Å². The lowest BCUT2D eigenvalue weighted by molar-refractivity contribution is -0.137. The van der Waals surface area contributed by atoms with E-state index in [1.807, 2.05) is 4.90 Å². The highest BCUT2D eigenvalue weighted by Gasteiger charge is 2.44. The molecule has 0 saturated carbocycles. The molecule has 1 aliphatic heterocycles.